The summed E-state index contributed by atoms with van der Waals surface area (Å²) in [7, 11) is -3.01. The summed E-state index contributed by atoms with van der Waals surface area (Å²) in [6.07, 6.45) is 0. The Bertz CT molecular complexity index is 3230. The lowest BCUT2D eigenvalue weighted by atomic mass is 9.96. The summed E-state index contributed by atoms with van der Waals surface area (Å²) in [6, 6.07) is 116. The molecule has 0 aliphatic heterocycles. The average Bonchev–Trinajstić information content (AvgIpc) is 3.53. The Morgan fingerprint density at radius 1 is 0.150 bits per heavy atom. The van der Waals surface area contributed by atoms with Crippen molar-refractivity contribution < 1.29 is 0 Å². The van der Waals surface area contributed by atoms with Gasteiger partial charge in [-0.1, -0.05) is 315 Å². The average molecular weight is 1100 g/mol. The van der Waals surface area contributed by atoms with Gasteiger partial charge in [0.15, 0.2) is 0 Å². The van der Waals surface area contributed by atoms with E-state index in [1.807, 2.05) is 0 Å². The van der Waals surface area contributed by atoms with Crippen LogP contribution < -0.4 is 63.7 Å². The molecule has 0 aromatic heterocycles. The van der Waals surface area contributed by atoms with Gasteiger partial charge in [-0.25, -0.2) is 0 Å². The largest absolute Gasteiger partial charge is 0.0622 e. The number of benzene rings is 12. The molecule has 12 aromatic carbocycles. The molecule has 0 saturated carbocycles. The highest BCUT2D eigenvalue weighted by atomic mass is 31.1. The molecule has 0 aliphatic rings. The van der Waals surface area contributed by atoms with Crippen LogP contribution in [0.25, 0.3) is 22.3 Å². The second-order valence-corrected chi connectivity index (χ2v) is 28.6. The maximum atomic E-state index is 2.37. The first-order valence-corrected chi connectivity index (χ1v) is 32.8. The van der Waals surface area contributed by atoms with Crippen LogP contribution in [0, 0.1) is 27.7 Å². The SMILES string of the molecule is Cc1cccc(P(c2ccccc2)c2ccccc2)c1-c1c(C)cccc1P(c1ccccc1)c1ccccc1.Cc1cccc(P(c2ccccc2)c2ccccc2)c1-c1c(C)cccc1P(c1ccccc1)c1ccccc1. The molecule has 4 heteroatoms. The van der Waals surface area contributed by atoms with Crippen LogP contribution in [-0.2, 0) is 0 Å². The van der Waals surface area contributed by atoms with Crippen molar-refractivity contribution in [2.75, 3.05) is 0 Å². The summed E-state index contributed by atoms with van der Waals surface area (Å²) in [5, 5.41) is 16.7. The topological polar surface area (TPSA) is 0 Å². The van der Waals surface area contributed by atoms with Crippen LogP contribution in [0.4, 0.5) is 0 Å². The number of hydrogen-bond acceptors (Lipinski definition) is 0. The van der Waals surface area contributed by atoms with Crippen LogP contribution in [0.1, 0.15) is 22.3 Å². The quantitative estimate of drug-likeness (QED) is 0.0952. The third kappa shape index (κ3) is 11.9. The fraction of sp³-hybridized carbons (Fsp3) is 0.0526. The number of hydrogen-bond donors (Lipinski definition) is 0. The zero-order valence-corrected chi connectivity index (χ0v) is 49.4. The Labute approximate surface area is 480 Å². The second-order valence-electron chi connectivity index (χ2n) is 19.9. The van der Waals surface area contributed by atoms with Crippen molar-refractivity contribution in [2.24, 2.45) is 0 Å². The van der Waals surface area contributed by atoms with E-state index in [1.54, 1.807) is 0 Å². The first-order valence-electron chi connectivity index (χ1n) is 27.4. The van der Waals surface area contributed by atoms with E-state index in [0.717, 1.165) is 0 Å². The van der Waals surface area contributed by atoms with E-state index in [2.05, 4.69) is 343 Å². The zero-order valence-electron chi connectivity index (χ0n) is 45.8. The molecule has 0 heterocycles. The minimum Gasteiger partial charge on any atom is -0.0622 e. The summed E-state index contributed by atoms with van der Waals surface area (Å²) in [6.45, 7) is 9.13. The third-order valence-electron chi connectivity index (χ3n) is 14.6. The predicted octanol–water partition coefficient (Wildman–Crippen LogP) is 15.0. The van der Waals surface area contributed by atoms with Crippen LogP contribution in [0.3, 0.4) is 0 Å². The van der Waals surface area contributed by atoms with Crippen LogP contribution in [0.15, 0.2) is 315 Å². The molecule has 0 nitrogen and oxygen atoms in total. The molecule has 0 aliphatic carbocycles. The maximum Gasteiger partial charge on any atom is -0.00617 e. The van der Waals surface area contributed by atoms with E-state index in [0.29, 0.717) is 0 Å². The second kappa shape index (κ2) is 26.1. The van der Waals surface area contributed by atoms with Crippen LogP contribution in [-0.4, -0.2) is 0 Å². The van der Waals surface area contributed by atoms with Crippen molar-refractivity contribution in [3.63, 3.8) is 0 Å². The van der Waals surface area contributed by atoms with Gasteiger partial charge in [0, 0.05) is 0 Å². The van der Waals surface area contributed by atoms with E-state index in [-0.39, 0.29) is 0 Å². The fourth-order valence-corrected chi connectivity index (χ4v) is 21.1. The monoisotopic (exact) mass is 1100 g/mol. The Kier molecular flexibility index (Phi) is 17.7. The van der Waals surface area contributed by atoms with E-state index >= 15 is 0 Å². The Balaban J connectivity index is 0.000000169. The molecule has 12 rings (SSSR count). The van der Waals surface area contributed by atoms with Crippen molar-refractivity contribution in [2.45, 2.75) is 27.7 Å². The molecule has 388 valence electrons. The van der Waals surface area contributed by atoms with Gasteiger partial charge in [0.05, 0.1) is 0 Å². The van der Waals surface area contributed by atoms with Gasteiger partial charge in [-0.2, -0.15) is 0 Å². The minimum atomic E-state index is -0.752. The summed E-state index contributed by atoms with van der Waals surface area (Å²) >= 11 is 0. The fourth-order valence-electron chi connectivity index (χ4n) is 11.0. The van der Waals surface area contributed by atoms with E-state index in [1.165, 1.54) is 108 Å². The lowest BCUT2D eigenvalue weighted by Gasteiger charge is -2.28. The number of aryl methyl sites for hydroxylation is 4. The van der Waals surface area contributed by atoms with E-state index in [9.17, 15) is 0 Å². The van der Waals surface area contributed by atoms with Gasteiger partial charge < -0.3 is 0 Å². The van der Waals surface area contributed by atoms with Crippen molar-refractivity contribution >= 4 is 95.3 Å². The summed E-state index contributed by atoms with van der Waals surface area (Å²) in [5.74, 6) is 0. The lowest BCUT2D eigenvalue weighted by molar-refractivity contribution is 1.43. The molecule has 0 radical (unpaired) electrons. The van der Waals surface area contributed by atoms with E-state index in [4.69, 9.17) is 0 Å². The van der Waals surface area contributed by atoms with Crippen LogP contribution >= 0.6 is 31.7 Å². The summed E-state index contributed by atoms with van der Waals surface area (Å²) < 4.78 is 0. The summed E-state index contributed by atoms with van der Waals surface area (Å²) in [5.41, 5.74) is 10.8. The highest BCUT2D eigenvalue weighted by Gasteiger charge is 2.29. The first kappa shape index (κ1) is 54.3. The highest BCUT2D eigenvalue weighted by molar-refractivity contribution is 7.81. The highest BCUT2D eigenvalue weighted by Crippen LogP contribution is 2.45. The molecule has 0 atom stereocenters. The van der Waals surface area contributed by atoms with Gasteiger partial charge in [-0.05, 0) is 168 Å². The third-order valence-corrected chi connectivity index (χ3v) is 24.5. The Morgan fingerprint density at radius 3 is 0.425 bits per heavy atom. The molecule has 0 N–H and O–H groups in total. The normalized spacial score (nSPS) is 11.2. The molecule has 0 saturated heterocycles. The van der Waals surface area contributed by atoms with Gasteiger partial charge in [-0.15, -0.1) is 0 Å². The van der Waals surface area contributed by atoms with Crippen molar-refractivity contribution in [1.29, 1.82) is 0 Å². The van der Waals surface area contributed by atoms with Crippen molar-refractivity contribution in [3.8, 4) is 22.3 Å². The van der Waals surface area contributed by atoms with Gasteiger partial charge >= 0.3 is 0 Å². The number of rotatable bonds is 14. The predicted molar refractivity (Wildman–Crippen MR) is 358 cm³/mol. The van der Waals surface area contributed by atoms with Crippen LogP contribution in [0.2, 0.25) is 0 Å². The Hall–Kier alpha value is -7.64. The maximum absolute atomic E-state index is 2.37. The van der Waals surface area contributed by atoms with Gasteiger partial charge in [0.2, 0.25) is 0 Å². The zero-order chi connectivity index (χ0) is 54.6. The van der Waals surface area contributed by atoms with Crippen molar-refractivity contribution in [3.05, 3.63) is 338 Å². The summed E-state index contributed by atoms with van der Waals surface area (Å²) in [4.78, 5) is 0. The van der Waals surface area contributed by atoms with Gasteiger partial charge in [0.1, 0.15) is 0 Å². The van der Waals surface area contributed by atoms with Gasteiger partial charge in [-0.3, -0.25) is 0 Å². The minimum absolute atomic E-state index is 0.752. The van der Waals surface area contributed by atoms with Gasteiger partial charge in [0.25, 0.3) is 0 Å². The first-order chi connectivity index (χ1) is 39.4. The van der Waals surface area contributed by atoms with Crippen molar-refractivity contribution in [1.82, 2.24) is 0 Å². The van der Waals surface area contributed by atoms with Crippen LogP contribution in [0.5, 0.6) is 0 Å². The molecule has 0 spiro atoms. The molecule has 0 unspecified atom stereocenters. The molecular formula is C76H64P4. The van der Waals surface area contributed by atoms with E-state index < -0.39 is 31.7 Å². The molecule has 12 aromatic rings. The molecule has 80 heavy (non-hydrogen) atoms. The lowest BCUT2D eigenvalue weighted by Crippen LogP contribution is -2.26. The Morgan fingerprint density at radius 2 is 0.287 bits per heavy atom. The smallest absolute Gasteiger partial charge is 0.00617 e. The standard InChI is InChI=1S/2C38H32P2/c2*1-29-17-15-27-35(39(31-19-7-3-8-20-31)32-21-9-4-10-22-32)37(29)38-30(2)18-16-28-36(38)40(33-23-11-5-12-24-33)34-25-13-6-14-26-34/h2*3-28H,1-2H3. The molecule has 0 fully saturated rings. The molecule has 0 amide bonds. The molecular weight excluding hydrogens is 1040 g/mol. The molecule has 0 bridgehead atoms.